The molecule has 0 aromatic heterocycles. The van der Waals surface area contributed by atoms with Crippen molar-refractivity contribution in [1.29, 1.82) is 0 Å². The number of nitrogens with one attached hydrogen (secondary N) is 1. The second-order valence-corrected chi connectivity index (χ2v) is 4.15. The number of carbonyl (C=O) groups excluding carboxylic acids is 1. The summed E-state index contributed by atoms with van der Waals surface area (Å²) in [5.41, 5.74) is 0.632. The van der Waals surface area contributed by atoms with Crippen molar-refractivity contribution in [1.82, 2.24) is 5.32 Å². The molecule has 1 aliphatic rings. The summed E-state index contributed by atoms with van der Waals surface area (Å²) in [7, 11) is 0. The molecule has 1 heterocycles. The van der Waals surface area contributed by atoms with E-state index >= 15 is 0 Å². The fraction of sp³-hybridized carbons (Fsp3) is 0.462. The Morgan fingerprint density at radius 2 is 2.19 bits per heavy atom. The van der Waals surface area contributed by atoms with Gasteiger partial charge in [-0.05, 0) is 44.0 Å². The van der Waals surface area contributed by atoms with E-state index in [9.17, 15) is 4.79 Å². The van der Waals surface area contributed by atoms with Crippen molar-refractivity contribution < 1.29 is 9.53 Å². The summed E-state index contributed by atoms with van der Waals surface area (Å²) >= 11 is 0. The number of rotatable bonds is 4. The maximum Gasteiger partial charge on any atom is 0.338 e. The number of hydrogen-bond acceptors (Lipinski definition) is 3. The lowest BCUT2D eigenvalue weighted by Crippen LogP contribution is -2.13. The molecule has 1 fully saturated rings. The van der Waals surface area contributed by atoms with Gasteiger partial charge in [0.25, 0.3) is 0 Å². The van der Waals surface area contributed by atoms with Crippen LogP contribution in [0.3, 0.4) is 0 Å². The highest BCUT2D eigenvalue weighted by Gasteiger charge is 2.15. The number of benzene rings is 1. The summed E-state index contributed by atoms with van der Waals surface area (Å²) in [4.78, 5) is 11.6. The van der Waals surface area contributed by atoms with Crippen molar-refractivity contribution in [2.24, 2.45) is 5.92 Å². The van der Waals surface area contributed by atoms with Gasteiger partial charge >= 0.3 is 5.97 Å². The highest BCUT2D eigenvalue weighted by molar-refractivity contribution is 5.89. The Labute approximate surface area is 95.8 Å². The lowest BCUT2D eigenvalue weighted by molar-refractivity contribution is 0.0485. The van der Waals surface area contributed by atoms with Crippen molar-refractivity contribution in [3.8, 4) is 0 Å². The molecule has 86 valence electrons. The van der Waals surface area contributed by atoms with Crippen molar-refractivity contribution in [3.05, 3.63) is 35.9 Å². The third kappa shape index (κ3) is 3.07. The summed E-state index contributed by atoms with van der Waals surface area (Å²) < 4.78 is 5.22. The monoisotopic (exact) mass is 219 g/mol. The molecule has 1 unspecified atom stereocenters. The first-order valence-electron chi connectivity index (χ1n) is 5.79. The minimum absolute atomic E-state index is 0.216. The molecule has 0 amide bonds. The number of hydrogen-bond donors (Lipinski definition) is 1. The Morgan fingerprint density at radius 3 is 2.88 bits per heavy atom. The second-order valence-electron chi connectivity index (χ2n) is 4.15. The molecule has 3 heteroatoms. The van der Waals surface area contributed by atoms with Crippen LogP contribution in [-0.2, 0) is 4.74 Å². The number of carbonyl (C=O) groups is 1. The molecule has 2 rings (SSSR count). The van der Waals surface area contributed by atoms with Crippen LogP contribution in [0.25, 0.3) is 0 Å². The Morgan fingerprint density at radius 1 is 1.38 bits per heavy atom. The minimum Gasteiger partial charge on any atom is -0.462 e. The molecule has 1 N–H and O–H groups in total. The van der Waals surface area contributed by atoms with E-state index in [4.69, 9.17) is 4.74 Å². The second kappa shape index (κ2) is 5.66. The lowest BCUT2D eigenvalue weighted by atomic mass is 10.1. The fourth-order valence-electron chi connectivity index (χ4n) is 1.94. The maximum absolute atomic E-state index is 11.6. The molecule has 0 spiro atoms. The molecule has 1 aromatic rings. The topological polar surface area (TPSA) is 38.3 Å². The van der Waals surface area contributed by atoms with Gasteiger partial charge in [-0.2, -0.15) is 0 Å². The van der Waals surface area contributed by atoms with Crippen molar-refractivity contribution in [2.45, 2.75) is 12.8 Å². The van der Waals surface area contributed by atoms with Gasteiger partial charge in [0.05, 0.1) is 12.2 Å². The van der Waals surface area contributed by atoms with E-state index in [1.54, 1.807) is 12.1 Å². The van der Waals surface area contributed by atoms with Gasteiger partial charge in [0.15, 0.2) is 0 Å². The van der Waals surface area contributed by atoms with Gasteiger partial charge in [-0.25, -0.2) is 4.79 Å². The molecule has 1 saturated heterocycles. The minimum atomic E-state index is -0.216. The Kier molecular flexibility index (Phi) is 3.94. The Hall–Kier alpha value is -1.35. The summed E-state index contributed by atoms with van der Waals surface area (Å²) in [5, 5.41) is 3.30. The third-order valence-electron chi connectivity index (χ3n) is 2.93. The van der Waals surface area contributed by atoms with Gasteiger partial charge in [0, 0.05) is 0 Å². The lowest BCUT2D eigenvalue weighted by Gasteiger charge is -2.08. The van der Waals surface area contributed by atoms with Crippen molar-refractivity contribution in [3.63, 3.8) is 0 Å². The standard InChI is InChI=1S/C13H17NO2/c15-13(12-4-2-1-3-5-12)16-9-7-11-6-8-14-10-11/h1-5,11,14H,6-10H2. The summed E-state index contributed by atoms with van der Waals surface area (Å²) in [6.07, 6.45) is 2.16. The number of ether oxygens (including phenoxy) is 1. The van der Waals surface area contributed by atoms with Crippen LogP contribution in [-0.4, -0.2) is 25.7 Å². The summed E-state index contributed by atoms with van der Waals surface area (Å²) in [5.74, 6) is 0.454. The zero-order valence-electron chi connectivity index (χ0n) is 9.32. The van der Waals surface area contributed by atoms with Gasteiger partial charge in [0.1, 0.15) is 0 Å². The largest absolute Gasteiger partial charge is 0.462 e. The maximum atomic E-state index is 11.6. The molecular formula is C13H17NO2. The average molecular weight is 219 g/mol. The molecule has 0 bridgehead atoms. The van der Waals surface area contributed by atoms with Crippen LogP contribution in [0.15, 0.2) is 30.3 Å². The summed E-state index contributed by atoms with van der Waals surface area (Å²) in [6, 6.07) is 9.13. The fourth-order valence-corrected chi connectivity index (χ4v) is 1.94. The summed E-state index contributed by atoms with van der Waals surface area (Å²) in [6.45, 7) is 2.68. The van der Waals surface area contributed by atoms with Gasteiger partial charge in [-0.3, -0.25) is 0 Å². The van der Waals surface area contributed by atoms with Crippen LogP contribution in [0.5, 0.6) is 0 Å². The molecule has 3 nitrogen and oxygen atoms in total. The molecular weight excluding hydrogens is 202 g/mol. The van der Waals surface area contributed by atoms with Crippen LogP contribution in [0.1, 0.15) is 23.2 Å². The highest BCUT2D eigenvalue weighted by Crippen LogP contribution is 2.12. The van der Waals surface area contributed by atoms with Crippen LogP contribution >= 0.6 is 0 Å². The van der Waals surface area contributed by atoms with Gasteiger partial charge in [0.2, 0.25) is 0 Å². The molecule has 0 radical (unpaired) electrons. The molecule has 1 atom stereocenters. The highest BCUT2D eigenvalue weighted by atomic mass is 16.5. The van der Waals surface area contributed by atoms with Gasteiger partial charge in [-0.1, -0.05) is 18.2 Å². The van der Waals surface area contributed by atoms with Gasteiger partial charge in [-0.15, -0.1) is 0 Å². The van der Waals surface area contributed by atoms with Crippen LogP contribution in [0, 0.1) is 5.92 Å². The Bertz CT molecular complexity index is 331. The van der Waals surface area contributed by atoms with E-state index in [2.05, 4.69) is 5.32 Å². The predicted octanol–water partition coefficient (Wildman–Crippen LogP) is 1.84. The molecule has 1 aromatic carbocycles. The Balaban J connectivity index is 1.71. The van der Waals surface area contributed by atoms with Crippen LogP contribution in [0.4, 0.5) is 0 Å². The normalized spacial score (nSPS) is 19.6. The zero-order chi connectivity index (χ0) is 11.2. The SMILES string of the molecule is O=C(OCCC1CCNC1)c1ccccc1. The first-order valence-corrected chi connectivity index (χ1v) is 5.79. The smallest absolute Gasteiger partial charge is 0.338 e. The van der Waals surface area contributed by atoms with E-state index in [1.165, 1.54) is 6.42 Å². The first kappa shape index (κ1) is 11.1. The third-order valence-corrected chi connectivity index (χ3v) is 2.93. The zero-order valence-corrected chi connectivity index (χ0v) is 9.32. The van der Waals surface area contributed by atoms with Gasteiger partial charge < -0.3 is 10.1 Å². The van der Waals surface area contributed by atoms with E-state index in [-0.39, 0.29) is 5.97 Å². The molecule has 0 saturated carbocycles. The number of esters is 1. The van der Waals surface area contributed by atoms with E-state index in [0.717, 1.165) is 19.5 Å². The first-order chi connectivity index (χ1) is 7.86. The average Bonchev–Trinajstić information content (AvgIpc) is 2.83. The van der Waals surface area contributed by atoms with E-state index in [0.29, 0.717) is 18.1 Å². The van der Waals surface area contributed by atoms with Crippen molar-refractivity contribution in [2.75, 3.05) is 19.7 Å². The predicted molar refractivity (Wildman–Crippen MR) is 62.3 cm³/mol. The quantitative estimate of drug-likeness (QED) is 0.785. The van der Waals surface area contributed by atoms with E-state index < -0.39 is 0 Å². The molecule has 1 aliphatic heterocycles. The van der Waals surface area contributed by atoms with Crippen LogP contribution in [0.2, 0.25) is 0 Å². The molecule has 0 aliphatic carbocycles. The van der Waals surface area contributed by atoms with Crippen molar-refractivity contribution >= 4 is 5.97 Å². The molecule has 16 heavy (non-hydrogen) atoms. The van der Waals surface area contributed by atoms with Crippen LogP contribution < -0.4 is 5.32 Å². The van der Waals surface area contributed by atoms with E-state index in [1.807, 2.05) is 18.2 Å².